The molecule has 7 unspecified atom stereocenters. The van der Waals surface area contributed by atoms with E-state index in [0.29, 0.717) is 19.3 Å². The smallest absolute Gasteiger partial charge is 0.220 e. The van der Waals surface area contributed by atoms with Crippen LogP contribution in [0.3, 0.4) is 0 Å². The van der Waals surface area contributed by atoms with E-state index in [2.05, 4.69) is 67.8 Å². The number of carbonyl (C=O) groups is 1. The highest BCUT2D eigenvalue weighted by molar-refractivity contribution is 5.76. The molecule has 52 heavy (non-hydrogen) atoms. The molecule has 0 aliphatic carbocycles. The van der Waals surface area contributed by atoms with Gasteiger partial charge in [-0.15, -0.1) is 0 Å². The van der Waals surface area contributed by atoms with Crippen LogP contribution < -0.4 is 5.32 Å². The molecule has 1 rings (SSSR count). The molecule has 7 atom stereocenters. The quantitative estimate of drug-likeness (QED) is 0.0295. The topological polar surface area (TPSA) is 149 Å². The van der Waals surface area contributed by atoms with Gasteiger partial charge in [-0.3, -0.25) is 4.79 Å². The fraction of sp³-hybridized carbons (Fsp3) is 0.791. The van der Waals surface area contributed by atoms with E-state index < -0.39 is 49.5 Å². The maximum absolute atomic E-state index is 12.9. The first-order valence-electron chi connectivity index (χ1n) is 20.8. The van der Waals surface area contributed by atoms with Gasteiger partial charge in [0, 0.05) is 6.42 Å². The average Bonchev–Trinajstić information content (AvgIpc) is 3.14. The van der Waals surface area contributed by atoms with Crippen molar-refractivity contribution in [2.45, 2.75) is 204 Å². The number of unbranched alkanes of at least 4 members (excludes halogenated alkanes) is 15. The number of carbonyl (C=O) groups excluding carboxylic acids is 1. The van der Waals surface area contributed by atoms with E-state index in [1.807, 2.05) is 0 Å². The summed E-state index contributed by atoms with van der Waals surface area (Å²) in [6.07, 6.45) is 34.0. The first kappa shape index (κ1) is 48.2. The Kier molecular flexibility index (Phi) is 31.2. The molecule has 1 saturated heterocycles. The molecule has 0 saturated carbocycles. The molecule has 302 valence electrons. The number of aliphatic hydroxyl groups is 5. The third kappa shape index (κ3) is 24.5. The van der Waals surface area contributed by atoms with Gasteiger partial charge >= 0.3 is 0 Å². The fourth-order valence-corrected chi connectivity index (χ4v) is 6.33. The number of rotatable bonds is 33. The highest BCUT2D eigenvalue weighted by Gasteiger charge is 2.44. The molecular formula is C43H77NO8. The molecule has 0 aromatic heterocycles. The second kappa shape index (κ2) is 33.7. The van der Waals surface area contributed by atoms with Crippen LogP contribution in [0.5, 0.6) is 0 Å². The molecule has 0 bridgehead atoms. The monoisotopic (exact) mass is 736 g/mol. The van der Waals surface area contributed by atoms with Crippen molar-refractivity contribution < 1.29 is 39.8 Å². The molecule has 9 nitrogen and oxygen atoms in total. The molecule has 1 amide bonds. The SMILES string of the molecule is CC/C=C\C/C=C\C/C=C\C/C=C\CCCCC(=O)NC(COC1OC(CO)C(O)C(O)C1O)C(O)CCCCCCCCCCCCCCCC. The lowest BCUT2D eigenvalue weighted by Crippen LogP contribution is -2.60. The van der Waals surface area contributed by atoms with E-state index in [1.165, 1.54) is 70.6 Å². The predicted molar refractivity (Wildman–Crippen MR) is 212 cm³/mol. The summed E-state index contributed by atoms with van der Waals surface area (Å²) in [6.45, 7) is 3.67. The Morgan fingerprint density at radius 1 is 0.673 bits per heavy atom. The fourth-order valence-electron chi connectivity index (χ4n) is 6.33. The predicted octanol–water partition coefficient (Wildman–Crippen LogP) is 7.89. The van der Waals surface area contributed by atoms with E-state index >= 15 is 0 Å². The summed E-state index contributed by atoms with van der Waals surface area (Å²) in [5.41, 5.74) is 0. The number of hydrogen-bond acceptors (Lipinski definition) is 8. The maximum atomic E-state index is 12.9. The highest BCUT2D eigenvalue weighted by atomic mass is 16.7. The van der Waals surface area contributed by atoms with Crippen molar-refractivity contribution in [1.82, 2.24) is 5.32 Å². The van der Waals surface area contributed by atoms with Crippen LogP contribution in [0.1, 0.15) is 162 Å². The van der Waals surface area contributed by atoms with E-state index in [-0.39, 0.29) is 12.5 Å². The van der Waals surface area contributed by atoms with Crippen LogP contribution >= 0.6 is 0 Å². The average molecular weight is 736 g/mol. The molecule has 0 aromatic carbocycles. The Labute approximate surface area is 316 Å². The molecule has 1 aliphatic heterocycles. The number of aliphatic hydroxyl groups excluding tert-OH is 5. The molecule has 6 N–H and O–H groups in total. The van der Waals surface area contributed by atoms with Gasteiger partial charge < -0.3 is 40.3 Å². The lowest BCUT2D eigenvalue weighted by Gasteiger charge is -2.40. The van der Waals surface area contributed by atoms with Crippen LogP contribution in [0.4, 0.5) is 0 Å². The van der Waals surface area contributed by atoms with E-state index in [0.717, 1.165) is 57.8 Å². The maximum Gasteiger partial charge on any atom is 0.220 e. The molecule has 0 spiro atoms. The van der Waals surface area contributed by atoms with Crippen molar-refractivity contribution in [3.8, 4) is 0 Å². The summed E-state index contributed by atoms with van der Waals surface area (Å²) in [6, 6.07) is -0.740. The number of nitrogens with one attached hydrogen (secondary N) is 1. The summed E-state index contributed by atoms with van der Waals surface area (Å²) < 4.78 is 11.2. The standard InChI is InChI=1S/C43H77NO8/c1-3-5-7-9-11-13-15-17-19-21-23-25-27-29-31-33-39(47)44-36(35-51-43-42(50)41(49)40(48)38(34-45)52-43)37(46)32-30-28-26-24-22-20-18-16-14-12-10-8-6-4-2/h5,7,11,13,17,19,23,25,36-38,40-43,45-46,48-50H,3-4,6,8-10,12,14-16,18,20-22,24,26-35H2,1-2H3,(H,44,47)/b7-5-,13-11-,19-17-,25-23-. The zero-order valence-corrected chi connectivity index (χ0v) is 32.8. The number of ether oxygens (including phenoxy) is 2. The Morgan fingerprint density at radius 3 is 1.73 bits per heavy atom. The zero-order valence-electron chi connectivity index (χ0n) is 32.8. The highest BCUT2D eigenvalue weighted by Crippen LogP contribution is 2.23. The largest absolute Gasteiger partial charge is 0.394 e. The molecule has 1 fully saturated rings. The summed E-state index contributed by atoms with van der Waals surface area (Å²) in [5, 5.41) is 54.1. The molecule has 1 aliphatic rings. The minimum Gasteiger partial charge on any atom is -0.394 e. The van der Waals surface area contributed by atoms with Crippen molar-refractivity contribution in [1.29, 1.82) is 0 Å². The molecule has 1 heterocycles. The minimum atomic E-state index is -1.56. The van der Waals surface area contributed by atoms with E-state index in [9.17, 15) is 30.3 Å². The van der Waals surface area contributed by atoms with Crippen LogP contribution in [-0.4, -0.2) is 87.5 Å². The minimum absolute atomic E-state index is 0.157. The number of allylic oxidation sites excluding steroid dienone is 8. The van der Waals surface area contributed by atoms with Gasteiger partial charge in [0.15, 0.2) is 6.29 Å². The first-order valence-corrected chi connectivity index (χ1v) is 20.8. The van der Waals surface area contributed by atoms with Gasteiger partial charge in [-0.05, 0) is 51.4 Å². The Bertz CT molecular complexity index is 951. The second-order valence-corrected chi connectivity index (χ2v) is 14.4. The van der Waals surface area contributed by atoms with Gasteiger partial charge in [-0.1, -0.05) is 152 Å². The van der Waals surface area contributed by atoms with Crippen LogP contribution in [0.25, 0.3) is 0 Å². The van der Waals surface area contributed by atoms with Gasteiger partial charge in [0.2, 0.25) is 5.91 Å². The van der Waals surface area contributed by atoms with Crippen molar-refractivity contribution in [3.05, 3.63) is 48.6 Å². The Morgan fingerprint density at radius 2 is 1.19 bits per heavy atom. The molecule has 9 heteroatoms. The molecule has 0 radical (unpaired) electrons. The summed E-state index contributed by atoms with van der Waals surface area (Å²) in [5.74, 6) is -0.187. The van der Waals surface area contributed by atoms with Gasteiger partial charge in [-0.2, -0.15) is 0 Å². The van der Waals surface area contributed by atoms with Crippen molar-refractivity contribution in [2.24, 2.45) is 0 Å². The molecular weight excluding hydrogens is 658 g/mol. The van der Waals surface area contributed by atoms with Crippen molar-refractivity contribution in [2.75, 3.05) is 13.2 Å². The van der Waals surface area contributed by atoms with Crippen LogP contribution in [0.15, 0.2) is 48.6 Å². The number of amides is 1. The van der Waals surface area contributed by atoms with Crippen LogP contribution in [0.2, 0.25) is 0 Å². The van der Waals surface area contributed by atoms with E-state index in [1.54, 1.807) is 0 Å². The summed E-state index contributed by atoms with van der Waals surface area (Å²) in [7, 11) is 0. The van der Waals surface area contributed by atoms with Crippen LogP contribution in [-0.2, 0) is 14.3 Å². The lowest BCUT2D eigenvalue weighted by atomic mass is 9.99. The molecule has 0 aromatic rings. The summed E-state index contributed by atoms with van der Waals surface area (Å²) in [4.78, 5) is 12.9. The third-order valence-electron chi connectivity index (χ3n) is 9.70. The van der Waals surface area contributed by atoms with Gasteiger partial charge in [0.25, 0.3) is 0 Å². The second-order valence-electron chi connectivity index (χ2n) is 14.4. The van der Waals surface area contributed by atoms with E-state index in [4.69, 9.17) is 9.47 Å². The summed E-state index contributed by atoms with van der Waals surface area (Å²) >= 11 is 0. The lowest BCUT2D eigenvalue weighted by molar-refractivity contribution is -0.302. The van der Waals surface area contributed by atoms with Crippen molar-refractivity contribution in [3.63, 3.8) is 0 Å². The van der Waals surface area contributed by atoms with Gasteiger partial charge in [-0.25, -0.2) is 0 Å². The first-order chi connectivity index (χ1) is 25.3. The van der Waals surface area contributed by atoms with Gasteiger partial charge in [0.1, 0.15) is 24.4 Å². The van der Waals surface area contributed by atoms with Crippen LogP contribution in [0, 0.1) is 0 Å². The third-order valence-corrected chi connectivity index (χ3v) is 9.70. The zero-order chi connectivity index (χ0) is 38.1. The van der Waals surface area contributed by atoms with Crippen molar-refractivity contribution >= 4 is 5.91 Å². The number of hydrogen-bond donors (Lipinski definition) is 6. The Hall–Kier alpha value is -1.85. The Balaban J connectivity index is 2.43. The normalized spacial score (nSPS) is 22.3. The van der Waals surface area contributed by atoms with Gasteiger partial charge in [0.05, 0.1) is 25.4 Å².